The Kier molecular flexibility index (Phi) is 4.72. The SMILES string of the molecule is COCC(CO)(COC)[N+](=O)[O-]. The minimum absolute atomic E-state index is 0.162. The largest absolute Gasteiger partial charge is 0.389 e. The van der Waals surface area contributed by atoms with E-state index < -0.39 is 17.1 Å². The van der Waals surface area contributed by atoms with Crippen LogP contribution in [0.15, 0.2) is 0 Å². The molecule has 0 aromatic carbocycles. The molecule has 0 amide bonds. The van der Waals surface area contributed by atoms with Crippen LogP contribution in [-0.2, 0) is 9.47 Å². The van der Waals surface area contributed by atoms with Gasteiger partial charge < -0.3 is 14.6 Å². The van der Waals surface area contributed by atoms with Crippen molar-refractivity contribution in [3.8, 4) is 0 Å². The first kappa shape index (κ1) is 11.3. The van der Waals surface area contributed by atoms with Crippen molar-refractivity contribution < 1.29 is 19.5 Å². The smallest absolute Gasteiger partial charge is 0.290 e. The van der Waals surface area contributed by atoms with Crippen LogP contribution < -0.4 is 0 Å². The molecule has 0 aliphatic carbocycles. The molecule has 1 N–H and O–H groups in total. The van der Waals surface area contributed by atoms with Gasteiger partial charge in [-0.1, -0.05) is 0 Å². The van der Waals surface area contributed by atoms with Crippen molar-refractivity contribution in [2.45, 2.75) is 5.54 Å². The maximum absolute atomic E-state index is 10.5. The molecule has 0 spiro atoms. The Balaban J connectivity index is 4.39. The van der Waals surface area contributed by atoms with Crippen molar-refractivity contribution in [1.29, 1.82) is 0 Å². The summed E-state index contributed by atoms with van der Waals surface area (Å²) in [6, 6.07) is 0. The average molecular weight is 179 g/mol. The number of hydrogen-bond acceptors (Lipinski definition) is 5. The van der Waals surface area contributed by atoms with E-state index in [0.717, 1.165) is 0 Å². The maximum atomic E-state index is 10.5. The van der Waals surface area contributed by atoms with Crippen LogP contribution in [0.2, 0.25) is 0 Å². The van der Waals surface area contributed by atoms with Crippen LogP contribution in [0.25, 0.3) is 0 Å². The van der Waals surface area contributed by atoms with Crippen molar-refractivity contribution in [1.82, 2.24) is 0 Å². The zero-order valence-electron chi connectivity index (χ0n) is 7.15. The van der Waals surface area contributed by atoms with Crippen LogP contribution >= 0.6 is 0 Å². The molecule has 0 saturated carbocycles. The van der Waals surface area contributed by atoms with Crippen LogP contribution in [0.3, 0.4) is 0 Å². The lowest BCUT2D eigenvalue weighted by Gasteiger charge is -2.20. The number of nitro groups is 1. The fraction of sp³-hybridized carbons (Fsp3) is 1.00. The average Bonchev–Trinajstić information content (AvgIpc) is 2.03. The highest BCUT2D eigenvalue weighted by Gasteiger charge is 2.42. The molecular weight excluding hydrogens is 166 g/mol. The topological polar surface area (TPSA) is 81.8 Å². The summed E-state index contributed by atoms with van der Waals surface area (Å²) in [5.41, 5.74) is -1.52. The van der Waals surface area contributed by atoms with Gasteiger partial charge in [0.1, 0.15) is 19.8 Å². The standard InChI is InChI=1S/C6H13NO5/c1-11-4-6(3-8,5-12-2)7(9)10/h8H,3-5H2,1-2H3. The molecular formula is C6H13NO5. The Morgan fingerprint density at radius 1 is 1.42 bits per heavy atom. The van der Waals surface area contributed by atoms with E-state index in [-0.39, 0.29) is 13.2 Å². The van der Waals surface area contributed by atoms with Crippen LogP contribution in [-0.4, -0.2) is 49.6 Å². The Bertz CT molecular complexity index is 143. The highest BCUT2D eigenvalue weighted by molar-refractivity contribution is 4.77. The lowest BCUT2D eigenvalue weighted by atomic mass is 10.1. The predicted molar refractivity (Wildman–Crippen MR) is 40.6 cm³/mol. The normalized spacial score (nSPS) is 11.6. The molecule has 0 unspecified atom stereocenters. The molecule has 6 heteroatoms. The van der Waals surface area contributed by atoms with Gasteiger partial charge in [-0.05, 0) is 0 Å². The first-order chi connectivity index (χ1) is 5.63. The fourth-order valence-electron chi connectivity index (χ4n) is 0.833. The fourth-order valence-corrected chi connectivity index (χ4v) is 0.833. The van der Waals surface area contributed by atoms with Gasteiger partial charge in [-0.2, -0.15) is 0 Å². The van der Waals surface area contributed by atoms with Gasteiger partial charge >= 0.3 is 0 Å². The maximum Gasteiger partial charge on any atom is 0.290 e. The Morgan fingerprint density at radius 3 is 2.00 bits per heavy atom. The highest BCUT2D eigenvalue weighted by atomic mass is 16.6. The van der Waals surface area contributed by atoms with Crippen molar-refractivity contribution in [3.05, 3.63) is 10.1 Å². The number of methoxy groups -OCH3 is 2. The van der Waals surface area contributed by atoms with E-state index in [1.807, 2.05) is 0 Å². The molecule has 0 heterocycles. The second-order valence-corrected chi connectivity index (χ2v) is 2.51. The summed E-state index contributed by atoms with van der Waals surface area (Å²) in [6.45, 7) is -0.920. The number of aliphatic hydroxyl groups excluding tert-OH is 1. The number of hydrogen-bond donors (Lipinski definition) is 1. The predicted octanol–water partition coefficient (Wildman–Crippen LogP) is -0.713. The summed E-state index contributed by atoms with van der Waals surface area (Å²) in [7, 11) is 2.67. The molecule has 0 radical (unpaired) electrons. The molecule has 0 atom stereocenters. The Hall–Kier alpha value is -0.720. The number of aliphatic hydroxyl groups is 1. The van der Waals surface area contributed by atoms with Crippen molar-refractivity contribution in [2.24, 2.45) is 0 Å². The molecule has 0 aliphatic rings. The first-order valence-electron chi connectivity index (χ1n) is 3.36. The third kappa shape index (κ3) is 2.40. The van der Waals surface area contributed by atoms with E-state index in [4.69, 9.17) is 5.11 Å². The van der Waals surface area contributed by atoms with Crippen molar-refractivity contribution in [2.75, 3.05) is 34.0 Å². The lowest BCUT2D eigenvalue weighted by molar-refractivity contribution is -0.581. The van der Waals surface area contributed by atoms with Gasteiger partial charge in [0.15, 0.2) is 0 Å². The Labute approximate surface area is 70.2 Å². The number of nitrogens with zero attached hydrogens (tertiary/aromatic N) is 1. The van der Waals surface area contributed by atoms with E-state index in [1.165, 1.54) is 14.2 Å². The van der Waals surface area contributed by atoms with Crippen molar-refractivity contribution >= 4 is 0 Å². The van der Waals surface area contributed by atoms with Gasteiger partial charge in [-0.25, -0.2) is 0 Å². The first-order valence-corrected chi connectivity index (χ1v) is 3.36. The minimum atomic E-state index is -1.52. The van der Waals surface area contributed by atoms with E-state index in [9.17, 15) is 10.1 Å². The minimum Gasteiger partial charge on any atom is -0.389 e. The summed E-state index contributed by atoms with van der Waals surface area (Å²) >= 11 is 0. The Morgan fingerprint density at radius 2 is 1.83 bits per heavy atom. The highest BCUT2D eigenvalue weighted by Crippen LogP contribution is 2.09. The van der Waals surface area contributed by atoms with E-state index in [0.29, 0.717) is 0 Å². The number of rotatable bonds is 6. The monoisotopic (exact) mass is 179 g/mol. The second kappa shape index (κ2) is 5.02. The van der Waals surface area contributed by atoms with E-state index >= 15 is 0 Å². The van der Waals surface area contributed by atoms with Gasteiger partial charge in [0, 0.05) is 19.1 Å². The molecule has 12 heavy (non-hydrogen) atoms. The van der Waals surface area contributed by atoms with Gasteiger partial charge in [0.05, 0.1) is 0 Å². The summed E-state index contributed by atoms with van der Waals surface area (Å²) in [6.07, 6.45) is 0. The zero-order valence-corrected chi connectivity index (χ0v) is 7.15. The molecule has 72 valence electrons. The molecule has 0 fully saturated rings. The summed E-state index contributed by atoms with van der Waals surface area (Å²) < 4.78 is 9.26. The molecule has 0 aromatic rings. The molecule has 6 nitrogen and oxygen atoms in total. The third-order valence-electron chi connectivity index (χ3n) is 1.51. The summed E-state index contributed by atoms with van der Waals surface area (Å²) in [4.78, 5) is 9.93. The van der Waals surface area contributed by atoms with Crippen LogP contribution in [0.4, 0.5) is 0 Å². The quantitative estimate of drug-likeness (QED) is 0.430. The van der Waals surface area contributed by atoms with Gasteiger partial charge in [0.25, 0.3) is 5.54 Å². The zero-order chi connectivity index (χ0) is 9.61. The van der Waals surface area contributed by atoms with Gasteiger partial charge in [0.2, 0.25) is 0 Å². The van der Waals surface area contributed by atoms with Crippen LogP contribution in [0.1, 0.15) is 0 Å². The third-order valence-corrected chi connectivity index (χ3v) is 1.51. The van der Waals surface area contributed by atoms with Crippen LogP contribution in [0, 0.1) is 10.1 Å². The summed E-state index contributed by atoms with van der Waals surface area (Å²) in [5, 5.41) is 19.3. The molecule has 0 saturated heterocycles. The van der Waals surface area contributed by atoms with Crippen molar-refractivity contribution in [3.63, 3.8) is 0 Å². The lowest BCUT2D eigenvalue weighted by Crippen LogP contribution is -2.50. The summed E-state index contributed by atoms with van der Waals surface area (Å²) in [5.74, 6) is 0. The van der Waals surface area contributed by atoms with Crippen LogP contribution in [0.5, 0.6) is 0 Å². The molecule has 0 aliphatic heterocycles. The van der Waals surface area contributed by atoms with E-state index in [1.54, 1.807) is 0 Å². The molecule has 0 aromatic heterocycles. The second-order valence-electron chi connectivity index (χ2n) is 2.51. The molecule has 0 bridgehead atoms. The van der Waals surface area contributed by atoms with Gasteiger partial charge in [-0.15, -0.1) is 0 Å². The number of ether oxygens (including phenoxy) is 2. The molecule has 0 rings (SSSR count). The van der Waals surface area contributed by atoms with E-state index in [2.05, 4.69) is 9.47 Å². The van der Waals surface area contributed by atoms with Gasteiger partial charge in [-0.3, -0.25) is 10.1 Å².